The largest absolute Gasteiger partial charge is 0.490 e. The zero-order chi connectivity index (χ0) is 9.10. The maximum Gasteiger partial charge on any atom is 0.122 e. The summed E-state index contributed by atoms with van der Waals surface area (Å²) in [6.07, 6.45) is 3.98. The third-order valence-electron chi connectivity index (χ3n) is 1.89. The summed E-state index contributed by atoms with van der Waals surface area (Å²) >= 11 is 0. The molecular weight excluding hydrogens is 162 g/mol. The SMILES string of the molecule is [CH2]Oc1cccc(-n2cccc2)c1. The average molecular weight is 172 g/mol. The van der Waals surface area contributed by atoms with Crippen molar-refractivity contribution in [1.29, 1.82) is 0 Å². The van der Waals surface area contributed by atoms with Crippen molar-refractivity contribution in [1.82, 2.24) is 4.57 Å². The standard InChI is InChI=1S/C11H10NO/c1-13-11-6-4-5-10(9-11)12-7-2-3-8-12/h2-9H,1H2. The van der Waals surface area contributed by atoms with Crippen molar-refractivity contribution in [2.45, 2.75) is 0 Å². The Hall–Kier alpha value is -1.70. The lowest BCUT2D eigenvalue weighted by Crippen LogP contribution is -1.89. The summed E-state index contributed by atoms with van der Waals surface area (Å²) in [5.41, 5.74) is 1.08. The van der Waals surface area contributed by atoms with E-state index in [1.165, 1.54) is 0 Å². The van der Waals surface area contributed by atoms with Gasteiger partial charge in [-0.1, -0.05) is 6.07 Å². The van der Waals surface area contributed by atoms with E-state index in [4.69, 9.17) is 4.74 Å². The minimum Gasteiger partial charge on any atom is -0.490 e. The second-order valence-corrected chi connectivity index (χ2v) is 2.73. The van der Waals surface area contributed by atoms with Crippen LogP contribution in [-0.4, -0.2) is 4.57 Å². The monoisotopic (exact) mass is 172 g/mol. The maximum atomic E-state index is 4.89. The summed E-state index contributed by atoms with van der Waals surface area (Å²) in [4.78, 5) is 0. The fraction of sp³-hybridized carbons (Fsp3) is 0. The molecule has 1 aromatic heterocycles. The van der Waals surface area contributed by atoms with E-state index in [0.29, 0.717) is 0 Å². The zero-order valence-corrected chi connectivity index (χ0v) is 7.18. The van der Waals surface area contributed by atoms with Crippen LogP contribution in [0, 0.1) is 7.11 Å². The number of aromatic nitrogens is 1. The van der Waals surface area contributed by atoms with Crippen molar-refractivity contribution in [3.8, 4) is 11.4 Å². The molecule has 2 nitrogen and oxygen atoms in total. The lowest BCUT2D eigenvalue weighted by Gasteiger charge is -2.04. The molecule has 0 bridgehead atoms. The van der Waals surface area contributed by atoms with Crippen molar-refractivity contribution >= 4 is 0 Å². The van der Waals surface area contributed by atoms with Crippen LogP contribution >= 0.6 is 0 Å². The number of hydrogen-bond acceptors (Lipinski definition) is 1. The van der Waals surface area contributed by atoms with Gasteiger partial charge < -0.3 is 9.30 Å². The van der Waals surface area contributed by atoms with Crippen LogP contribution < -0.4 is 4.74 Å². The molecular formula is C11H10NO. The lowest BCUT2D eigenvalue weighted by atomic mass is 10.3. The molecule has 1 radical (unpaired) electrons. The molecule has 0 aliphatic rings. The highest BCUT2D eigenvalue weighted by Crippen LogP contribution is 2.16. The average Bonchev–Trinajstić information content (AvgIpc) is 2.71. The van der Waals surface area contributed by atoms with E-state index in [1.807, 2.05) is 53.4 Å². The number of ether oxygens (including phenoxy) is 1. The summed E-state index contributed by atoms with van der Waals surface area (Å²) in [7, 11) is 3.37. The van der Waals surface area contributed by atoms with Gasteiger partial charge in [0.25, 0.3) is 0 Å². The molecule has 0 saturated heterocycles. The topological polar surface area (TPSA) is 14.2 Å². The molecule has 0 aliphatic carbocycles. The Morgan fingerprint density at radius 2 is 1.85 bits per heavy atom. The Morgan fingerprint density at radius 3 is 2.54 bits per heavy atom. The molecule has 0 fully saturated rings. The van der Waals surface area contributed by atoms with E-state index in [2.05, 4.69) is 7.11 Å². The first-order valence-corrected chi connectivity index (χ1v) is 4.05. The van der Waals surface area contributed by atoms with Gasteiger partial charge >= 0.3 is 0 Å². The number of benzene rings is 1. The summed E-state index contributed by atoms with van der Waals surface area (Å²) in [6, 6.07) is 11.7. The highest BCUT2D eigenvalue weighted by molar-refractivity contribution is 5.39. The molecule has 65 valence electrons. The van der Waals surface area contributed by atoms with Crippen LogP contribution in [0.15, 0.2) is 48.8 Å². The van der Waals surface area contributed by atoms with E-state index in [0.717, 1.165) is 11.4 Å². The molecule has 0 amide bonds. The highest BCUT2D eigenvalue weighted by Gasteiger charge is 1.95. The van der Waals surface area contributed by atoms with Crippen LogP contribution in [0.3, 0.4) is 0 Å². The predicted octanol–water partition coefficient (Wildman–Crippen LogP) is 2.65. The van der Waals surface area contributed by atoms with Gasteiger partial charge in [0, 0.05) is 24.1 Å². The smallest absolute Gasteiger partial charge is 0.122 e. The van der Waals surface area contributed by atoms with Crippen LogP contribution in [0.1, 0.15) is 0 Å². The summed E-state index contributed by atoms with van der Waals surface area (Å²) < 4.78 is 6.91. The Balaban J connectivity index is 2.41. The first-order valence-electron chi connectivity index (χ1n) is 4.05. The van der Waals surface area contributed by atoms with Gasteiger partial charge in [-0.25, -0.2) is 0 Å². The second-order valence-electron chi connectivity index (χ2n) is 2.73. The molecule has 0 aliphatic heterocycles. The van der Waals surface area contributed by atoms with E-state index in [9.17, 15) is 0 Å². The fourth-order valence-electron chi connectivity index (χ4n) is 1.24. The van der Waals surface area contributed by atoms with Gasteiger partial charge in [0.15, 0.2) is 0 Å². The molecule has 13 heavy (non-hydrogen) atoms. The van der Waals surface area contributed by atoms with Crippen molar-refractivity contribution < 1.29 is 4.74 Å². The van der Waals surface area contributed by atoms with Crippen molar-refractivity contribution in [3.63, 3.8) is 0 Å². The van der Waals surface area contributed by atoms with Crippen molar-refractivity contribution in [2.75, 3.05) is 0 Å². The summed E-state index contributed by atoms with van der Waals surface area (Å²) in [5.74, 6) is 0.770. The molecule has 2 heteroatoms. The molecule has 1 aromatic carbocycles. The Kier molecular flexibility index (Phi) is 2.04. The minimum atomic E-state index is 0.770. The van der Waals surface area contributed by atoms with Crippen LogP contribution in [0.2, 0.25) is 0 Å². The molecule has 0 N–H and O–H groups in total. The van der Waals surface area contributed by atoms with Crippen LogP contribution in [0.25, 0.3) is 5.69 Å². The minimum absolute atomic E-state index is 0.770. The fourth-order valence-corrected chi connectivity index (χ4v) is 1.24. The van der Waals surface area contributed by atoms with Gasteiger partial charge in [0.2, 0.25) is 0 Å². The lowest BCUT2D eigenvalue weighted by molar-refractivity contribution is 0.473. The van der Waals surface area contributed by atoms with Gasteiger partial charge in [-0.2, -0.15) is 0 Å². The number of hydrogen-bond donors (Lipinski definition) is 0. The van der Waals surface area contributed by atoms with Crippen molar-refractivity contribution in [3.05, 3.63) is 55.9 Å². The zero-order valence-electron chi connectivity index (χ0n) is 7.18. The number of nitrogens with zero attached hydrogens (tertiary/aromatic N) is 1. The van der Waals surface area contributed by atoms with Gasteiger partial charge in [-0.15, -0.1) is 0 Å². The first kappa shape index (κ1) is 7.92. The van der Waals surface area contributed by atoms with Crippen LogP contribution in [0.5, 0.6) is 5.75 Å². The van der Waals surface area contributed by atoms with Crippen molar-refractivity contribution in [2.24, 2.45) is 0 Å². The van der Waals surface area contributed by atoms with Gasteiger partial charge in [0.1, 0.15) is 12.9 Å². The normalized spacial score (nSPS) is 9.92. The Labute approximate surface area is 77.4 Å². The quantitative estimate of drug-likeness (QED) is 0.679. The molecule has 0 atom stereocenters. The van der Waals surface area contributed by atoms with Gasteiger partial charge in [-0.3, -0.25) is 0 Å². The number of rotatable bonds is 2. The molecule has 0 spiro atoms. The van der Waals surface area contributed by atoms with Crippen LogP contribution in [-0.2, 0) is 0 Å². The van der Waals surface area contributed by atoms with Crippen LogP contribution in [0.4, 0.5) is 0 Å². The molecule has 0 saturated carbocycles. The highest BCUT2D eigenvalue weighted by atomic mass is 16.5. The van der Waals surface area contributed by atoms with E-state index in [-0.39, 0.29) is 0 Å². The van der Waals surface area contributed by atoms with E-state index in [1.54, 1.807) is 0 Å². The van der Waals surface area contributed by atoms with E-state index < -0.39 is 0 Å². The second kappa shape index (κ2) is 3.35. The molecule has 1 heterocycles. The Bertz CT molecular complexity index is 379. The Morgan fingerprint density at radius 1 is 1.08 bits per heavy atom. The molecule has 0 unspecified atom stereocenters. The summed E-state index contributed by atoms with van der Waals surface area (Å²) in [6.45, 7) is 0. The van der Waals surface area contributed by atoms with E-state index >= 15 is 0 Å². The summed E-state index contributed by atoms with van der Waals surface area (Å²) in [5, 5.41) is 0. The van der Waals surface area contributed by atoms with Gasteiger partial charge in [0.05, 0.1) is 0 Å². The third-order valence-corrected chi connectivity index (χ3v) is 1.89. The first-order chi connectivity index (χ1) is 6.40. The maximum absolute atomic E-state index is 4.89. The van der Waals surface area contributed by atoms with Gasteiger partial charge in [-0.05, 0) is 24.3 Å². The molecule has 2 rings (SSSR count). The molecule has 2 aromatic rings. The third kappa shape index (κ3) is 1.56. The predicted molar refractivity (Wildman–Crippen MR) is 51.8 cm³/mol.